The Bertz CT molecular complexity index is 446. The van der Waals surface area contributed by atoms with Gasteiger partial charge in [-0.05, 0) is 44.1 Å². The molecule has 0 saturated carbocycles. The van der Waals surface area contributed by atoms with Crippen molar-refractivity contribution in [2.75, 3.05) is 31.5 Å². The minimum Gasteiger partial charge on any atom is -0.325 e. The van der Waals surface area contributed by atoms with E-state index in [1.165, 1.54) is 0 Å². The van der Waals surface area contributed by atoms with Gasteiger partial charge >= 0.3 is 0 Å². The Morgan fingerprint density at radius 1 is 1.55 bits per heavy atom. The summed E-state index contributed by atoms with van der Waals surface area (Å²) < 4.78 is 0.973. The lowest BCUT2D eigenvalue weighted by molar-refractivity contribution is -0.117. The van der Waals surface area contributed by atoms with Gasteiger partial charge in [0.25, 0.3) is 0 Å². The lowest BCUT2D eigenvalue weighted by atomic mass is 10.2. The number of rotatable bonds is 6. The van der Waals surface area contributed by atoms with Gasteiger partial charge in [0.05, 0.1) is 6.54 Å². The number of benzene rings is 1. The van der Waals surface area contributed by atoms with Crippen LogP contribution in [0.15, 0.2) is 28.7 Å². The molecule has 5 heteroatoms. The van der Waals surface area contributed by atoms with Crippen LogP contribution in [0.5, 0.6) is 0 Å². The van der Waals surface area contributed by atoms with Crippen molar-refractivity contribution < 1.29 is 4.79 Å². The molecule has 1 atom stereocenters. The van der Waals surface area contributed by atoms with Gasteiger partial charge in [-0.25, -0.2) is 0 Å². The van der Waals surface area contributed by atoms with Crippen molar-refractivity contribution in [3.8, 4) is 0 Å². The van der Waals surface area contributed by atoms with Gasteiger partial charge in [-0.2, -0.15) is 0 Å². The third-order valence-corrected chi connectivity index (χ3v) is 4.01. The Hall–Kier alpha value is -0.910. The van der Waals surface area contributed by atoms with E-state index in [2.05, 4.69) is 38.4 Å². The first-order valence-corrected chi connectivity index (χ1v) is 7.98. The average molecular weight is 340 g/mol. The highest BCUT2D eigenvalue weighted by Gasteiger charge is 2.23. The molecule has 1 aromatic carbocycles. The van der Waals surface area contributed by atoms with E-state index in [0.29, 0.717) is 12.6 Å². The van der Waals surface area contributed by atoms with Gasteiger partial charge in [0.1, 0.15) is 0 Å². The molecule has 0 aliphatic carbocycles. The standard InChI is InChI=1S/C15H22BrN3O/c1-2-8-19(14-6-7-17-10-14)11-15(20)18-13-5-3-4-12(16)9-13/h3-5,9,14,17H,2,6-8,10-11H2,1H3,(H,18,20). The van der Waals surface area contributed by atoms with Crippen LogP contribution in [0, 0.1) is 0 Å². The minimum atomic E-state index is 0.0588. The summed E-state index contributed by atoms with van der Waals surface area (Å²) >= 11 is 3.41. The number of carbonyl (C=O) groups is 1. The summed E-state index contributed by atoms with van der Waals surface area (Å²) in [6.07, 6.45) is 2.20. The first kappa shape index (κ1) is 15.5. The predicted octanol–water partition coefficient (Wildman–Crippen LogP) is 2.46. The second kappa shape index (κ2) is 7.76. The molecular formula is C15H22BrN3O. The van der Waals surface area contributed by atoms with Crippen LogP contribution in [0.25, 0.3) is 0 Å². The van der Waals surface area contributed by atoms with Crippen LogP contribution in [0.3, 0.4) is 0 Å². The molecule has 2 N–H and O–H groups in total. The fraction of sp³-hybridized carbons (Fsp3) is 0.533. The summed E-state index contributed by atoms with van der Waals surface area (Å²) in [5, 5.41) is 6.33. The van der Waals surface area contributed by atoms with E-state index in [1.54, 1.807) is 0 Å². The van der Waals surface area contributed by atoms with Crippen LogP contribution in [0.1, 0.15) is 19.8 Å². The van der Waals surface area contributed by atoms with Gasteiger partial charge in [0, 0.05) is 22.7 Å². The highest BCUT2D eigenvalue weighted by atomic mass is 79.9. The highest BCUT2D eigenvalue weighted by molar-refractivity contribution is 9.10. The van der Waals surface area contributed by atoms with Crippen LogP contribution >= 0.6 is 15.9 Å². The van der Waals surface area contributed by atoms with Gasteiger partial charge < -0.3 is 10.6 Å². The van der Waals surface area contributed by atoms with Crippen LogP contribution in [0.4, 0.5) is 5.69 Å². The maximum atomic E-state index is 12.2. The van der Waals surface area contributed by atoms with Crippen LogP contribution in [-0.4, -0.2) is 43.0 Å². The Balaban J connectivity index is 1.90. The summed E-state index contributed by atoms with van der Waals surface area (Å²) in [5.41, 5.74) is 0.838. The van der Waals surface area contributed by atoms with Crippen molar-refractivity contribution in [1.82, 2.24) is 10.2 Å². The fourth-order valence-electron chi connectivity index (χ4n) is 2.58. The number of hydrogen-bond donors (Lipinski definition) is 2. The van der Waals surface area contributed by atoms with Crippen molar-refractivity contribution in [2.45, 2.75) is 25.8 Å². The third kappa shape index (κ3) is 4.58. The number of amides is 1. The number of halogens is 1. The maximum Gasteiger partial charge on any atom is 0.238 e. The van der Waals surface area contributed by atoms with Gasteiger partial charge in [0.2, 0.25) is 5.91 Å². The zero-order valence-corrected chi connectivity index (χ0v) is 13.4. The number of carbonyl (C=O) groups excluding carboxylic acids is 1. The van der Waals surface area contributed by atoms with Crippen molar-refractivity contribution >= 4 is 27.5 Å². The van der Waals surface area contributed by atoms with E-state index in [9.17, 15) is 4.79 Å². The zero-order chi connectivity index (χ0) is 14.4. The molecule has 0 bridgehead atoms. The zero-order valence-electron chi connectivity index (χ0n) is 11.9. The van der Waals surface area contributed by atoms with Gasteiger partial charge in [-0.15, -0.1) is 0 Å². The van der Waals surface area contributed by atoms with E-state index in [-0.39, 0.29) is 5.91 Å². The molecule has 0 radical (unpaired) electrons. The van der Waals surface area contributed by atoms with Crippen molar-refractivity contribution in [3.05, 3.63) is 28.7 Å². The normalized spacial score (nSPS) is 18.4. The SMILES string of the molecule is CCCN(CC(=O)Nc1cccc(Br)c1)C1CCNC1. The summed E-state index contributed by atoms with van der Waals surface area (Å²) in [4.78, 5) is 14.5. The minimum absolute atomic E-state index is 0.0588. The topological polar surface area (TPSA) is 44.4 Å². The summed E-state index contributed by atoms with van der Waals surface area (Å²) in [7, 11) is 0. The maximum absolute atomic E-state index is 12.2. The number of nitrogens with one attached hydrogen (secondary N) is 2. The summed E-state index contributed by atoms with van der Waals surface area (Å²) in [6, 6.07) is 8.18. The van der Waals surface area contributed by atoms with E-state index in [0.717, 1.165) is 42.6 Å². The summed E-state index contributed by atoms with van der Waals surface area (Å²) in [6.45, 7) is 5.63. The molecule has 1 fully saturated rings. The monoisotopic (exact) mass is 339 g/mol. The molecule has 1 heterocycles. The van der Waals surface area contributed by atoms with Crippen LogP contribution in [-0.2, 0) is 4.79 Å². The molecule has 20 heavy (non-hydrogen) atoms. The van der Waals surface area contributed by atoms with E-state index >= 15 is 0 Å². The fourth-order valence-corrected chi connectivity index (χ4v) is 2.98. The van der Waals surface area contributed by atoms with Gasteiger partial charge in [0.15, 0.2) is 0 Å². The van der Waals surface area contributed by atoms with Gasteiger partial charge in [-0.3, -0.25) is 9.69 Å². The molecular weight excluding hydrogens is 318 g/mol. The molecule has 0 spiro atoms. The number of hydrogen-bond acceptors (Lipinski definition) is 3. The molecule has 110 valence electrons. The van der Waals surface area contributed by atoms with E-state index in [4.69, 9.17) is 0 Å². The molecule has 1 saturated heterocycles. The second-order valence-corrected chi connectivity index (χ2v) is 6.09. The van der Waals surface area contributed by atoms with Crippen LogP contribution < -0.4 is 10.6 Å². The number of anilines is 1. The van der Waals surface area contributed by atoms with Crippen molar-refractivity contribution in [1.29, 1.82) is 0 Å². The lowest BCUT2D eigenvalue weighted by Crippen LogP contribution is -2.42. The third-order valence-electron chi connectivity index (χ3n) is 3.52. The predicted molar refractivity (Wildman–Crippen MR) is 85.9 cm³/mol. The second-order valence-electron chi connectivity index (χ2n) is 5.18. The Labute approximate surface area is 129 Å². The van der Waals surface area contributed by atoms with Gasteiger partial charge in [-0.1, -0.05) is 28.9 Å². The Morgan fingerprint density at radius 2 is 2.40 bits per heavy atom. The highest BCUT2D eigenvalue weighted by Crippen LogP contribution is 2.16. The average Bonchev–Trinajstić information content (AvgIpc) is 2.92. The molecule has 1 aliphatic rings. The molecule has 1 aliphatic heterocycles. The molecule has 1 unspecified atom stereocenters. The smallest absolute Gasteiger partial charge is 0.238 e. The molecule has 1 amide bonds. The van der Waals surface area contributed by atoms with Crippen molar-refractivity contribution in [2.24, 2.45) is 0 Å². The molecule has 2 rings (SSSR count). The van der Waals surface area contributed by atoms with Crippen molar-refractivity contribution in [3.63, 3.8) is 0 Å². The first-order valence-electron chi connectivity index (χ1n) is 7.19. The quantitative estimate of drug-likeness (QED) is 0.836. The largest absolute Gasteiger partial charge is 0.325 e. The van der Waals surface area contributed by atoms with E-state index in [1.807, 2.05) is 24.3 Å². The van der Waals surface area contributed by atoms with E-state index < -0.39 is 0 Å². The van der Waals surface area contributed by atoms with Crippen LogP contribution in [0.2, 0.25) is 0 Å². The lowest BCUT2D eigenvalue weighted by Gasteiger charge is -2.27. The summed E-state index contributed by atoms with van der Waals surface area (Å²) in [5.74, 6) is 0.0588. The molecule has 1 aromatic rings. The number of nitrogens with zero attached hydrogens (tertiary/aromatic N) is 1. The Kier molecular flexibility index (Phi) is 6.01. The molecule has 4 nitrogen and oxygen atoms in total. The first-order chi connectivity index (χ1) is 9.69. The molecule has 0 aromatic heterocycles. The Morgan fingerprint density at radius 3 is 3.05 bits per heavy atom.